The maximum Gasteiger partial charge on any atom is 0.322 e. The molecule has 0 fully saturated rings. The second-order valence-corrected chi connectivity index (χ2v) is 9.17. The van der Waals surface area contributed by atoms with Crippen molar-refractivity contribution in [2.45, 2.75) is 13.0 Å². The first-order valence-corrected chi connectivity index (χ1v) is 12.4. The quantitative estimate of drug-likeness (QED) is 0.265. The number of imidazole rings is 1. The lowest BCUT2D eigenvalue weighted by Crippen LogP contribution is -2.36. The molecule has 0 spiro atoms. The van der Waals surface area contributed by atoms with Crippen LogP contribution in [0.1, 0.15) is 11.3 Å². The van der Waals surface area contributed by atoms with Gasteiger partial charge in [0.15, 0.2) is 4.96 Å². The van der Waals surface area contributed by atoms with Crippen LogP contribution in [0.25, 0.3) is 16.2 Å². The summed E-state index contributed by atoms with van der Waals surface area (Å²) in [5.41, 5.74) is 4.44. The van der Waals surface area contributed by atoms with Gasteiger partial charge >= 0.3 is 6.03 Å². The Morgan fingerprint density at radius 2 is 1.89 bits per heavy atom. The summed E-state index contributed by atoms with van der Waals surface area (Å²) in [4.78, 5) is 20.6. The number of amides is 2. The van der Waals surface area contributed by atoms with Crippen molar-refractivity contribution >= 4 is 28.0 Å². The lowest BCUT2D eigenvalue weighted by molar-refractivity contribution is 0.209. The summed E-state index contributed by atoms with van der Waals surface area (Å²) < 4.78 is 20.6. The molecule has 0 aliphatic carbocycles. The molecule has 8 heteroatoms. The third-order valence-electron chi connectivity index (χ3n) is 5.89. The molecule has 0 saturated carbocycles. The van der Waals surface area contributed by atoms with Crippen LogP contribution in [-0.4, -0.2) is 34.0 Å². The fourth-order valence-corrected chi connectivity index (χ4v) is 4.89. The Bertz CT molecular complexity index is 1460. The van der Waals surface area contributed by atoms with Crippen LogP contribution < -0.4 is 10.1 Å². The average molecular weight is 501 g/mol. The zero-order valence-corrected chi connectivity index (χ0v) is 20.5. The van der Waals surface area contributed by atoms with E-state index in [9.17, 15) is 9.18 Å². The number of hydrogen-bond donors (Lipinski definition) is 1. The smallest absolute Gasteiger partial charge is 0.322 e. The minimum absolute atomic E-state index is 0.184. The Morgan fingerprint density at radius 3 is 2.67 bits per heavy atom. The van der Waals surface area contributed by atoms with E-state index in [1.165, 1.54) is 12.1 Å². The molecule has 0 aliphatic rings. The predicted octanol–water partition coefficient (Wildman–Crippen LogP) is 6.49. The number of rotatable bonds is 8. The molecule has 0 saturated heterocycles. The van der Waals surface area contributed by atoms with Crippen molar-refractivity contribution in [3.63, 3.8) is 0 Å². The van der Waals surface area contributed by atoms with E-state index in [0.717, 1.165) is 27.5 Å². The Hall–Kier alpha value is -4.17. The number of methoxy groups -OCH3 is 1. The van der Waals surface area contributed by atoms with Gasteiger partial charge in [-0.05, 0) is 42.0 Å². The van der Waals surface area contributed by atoms with Gasteiger partial charge in [-0.3, -0.25) is 4.40 Å². The second kappa shape index (κ2) is 10.6. The molecule has 0 atom stereocenters. The molecular formula is C28H25FN4O2S. The second-order valence-electron chi connectivity index (χ2n) is 8.33. The minimum atomic E-state index is -0.272. The van der Waals surface area contributed by atoms with Crippen LogP contribution in [-0.2, 0) is 13.0 Å². The molecule has 0 aliphatic heterocycles. The van der Waals surface area contributed by atoms with E-state index in [0.29, 0.717) is 30.9 Å². The van der Waals surface area contributed by atoms with Gasteiger partial charge in [-0.2, -0.15) is 0 Å². The van der Waals surface area contributed by atoms with Crippen molar-refractivity contribution in [2.75, 3.05) is 19.0 Å². The zero-order valence-electron chi connectivity index (χ0n) is 19.7. The van der Waals surface area contributed by atoms with E-state index in [2.05, 4.69) is 15.7 Å². The lowest BCUT2D eigenvalue weighted by Gasteiger charge is -2.23. The highest BCUT2D eigenvalue weighted by Crippen LogP contribution is 2.25. The number of urea groups is 1. The van der Waals surface area contributed by atoms with Crippen molar-refractivity contribution in [3.05, 3.63) is 108 Å². The van der Waals surface area contributed by atoms with Crippen LogP contribution >= 0.6 is 11.3 Å². The number of ether oxygens (including phenoxy) is 1. The van der Waals surface area contributed by atoms with Gasteiger partial charge < -0.3 is 15.0 Å². The highest BCUT2D eigenvalue weighted by atomic mass is 32.1. The molecule has 5 rings (SSSR count). The van der Waals surface area contributed by atoms with Gasteiger partial charge in [-0.1, -0.05) is 36.4 Å². The standard InChI is InChI=1S/C28H25FN4O2S/c1-35-25-9-5-8-23(16-25)30-27(34)32(17-20-6-3-2-4-7-20)15-14-24-19-36-28-31-26(18-33(24)28)21-10-12-22(29)13-11-21/h2-13,16,18-19H,14-15,17H2,1H3,(H,30,34). The van der Waals surface area contributed by atoms with Crippen LogP contribution in [0, 0.1) is 5.82 Å². The molecule has 3 aromatic carbocycles. The summed E-state index contributed by atoms with van der Waals surface area (Å²) in [7, 11) is 1.60. The summed E-state index contributed by atoms with van der Waals surface area (Å²) in [6.07, 6.45) is 2.61. The van der Waals surface area contributed by atoms with Crippen molar-refractivity contribution in [1.82, 2.24) is 14.3 Å². The molecule has 5 aromatic rings. The third kappa shape index (κ3) is 5.39. The highest BCUT2D eigenvalue weighted by molar-refractivity contribution is 7.15. The minimum Gasteiger partial charge on any atom is -0.497 e. The van der Waals surface area contributed by atoms with Gasteiger partial charge in [0.2, 0.25) is 0 Å². The van der Waals surface area contributed by atoms with Crippen molar-refractivity contribution < 1.29 is 13.9 Å². The summed E-state index contributed by atoms with van der Waals surface area (Å²) in [6, 6.07) is 23.4. The first kappa shape index (κ1) is 23.6. The van der Waals surface area contributed by atoms with Gasteiger partial charge in [0.05, 0.1) is 12.8 Å². The summed E-state index contributed by atoms with van der Waals surface area (Å²) >= 11 is 1.55. The number of carbonyl (C=O) groups is 1. The topological polar surface area (TPSA) is 58.9 Å². The largest absolute Gasteiger partial charge is 0.497 e. The van der Waals surface area contributed by atoms with Crippen LogP contribution in [0.2, 0.25) is 0 Å². The Morgan fingerprint density at radius 1 is 1.08 bits per heavy atom. The number of carbonyl (C=O) groups excluding carboxylic acids is 1. The van der Waals surface area contributed by atoms with Gasteiger partial charge in [-0.25, -0.2) is 14.2 Å². The molecule has 6 nitrogen and oxygen atoms in total. The maximum atomic E-state index is 13.3. The first-order valence-electron chi connectivity index (χ1n) is 11.5. The number of anilines is 1. The SMILES string of the molecule is COc1cccc(NC(=O)N(CCc2csc3nc(-c4ccc(F)cc4)cn23)Cc2ccccc2)c1. The number of nitrogens with one attached hydrogen (secondary N) is 1. The number of fused-ring (bicyclic) bond motifs is 1. The first-order chi connectivity index (χ1) is 17.6. The molecule has 2 aromatic heterocycles. The molecule has 36 heavy (non-hydrogen) atoms. The van der Waals surface area contributed by atoms with Gasteiger partial charge in [0, 0.05) is 54.1 Å². The third-order valence-corrected chi connectivity index (χ3v) is 6.77. The maximum absolute atomic E-state index is 13.3. The van der Waals surface area contributed by atoms with Gasteiger partial charge in [0.25, 0.3) is 0 Å². The van der Waals surface area contributed by atoms with E-state index in [4.69, 9.17) is 4.74 Å². The summed E-state index contributed by atoms with van der Waals surface area (Å²) in [6.45, 7) is 0.995. The number of halogens is 1. The lowest BCUT2D eigenvalue weighted by atomic mass is 10.2. The van der Waals surface area contributed by atoms with E-state index in [1.807, 2.05) is 59.1 Å². The van der Waals surface area contributed by atoms with Crippen LogP contribution in [0.3, 0.4) is 0 Å². The monoisotopic (exact) mass is 500 g/mol. The van der Waals surface area contributed by atoms with E-state index < -0.39 is 0 Å². The highest BCUT2D eigenvalue weighted by Gasteiger charge is 2.17. The molecular weight excluding hydrogens is 475 g/mol. The molecule has 0 unspecified atom stereocenters. The summed E-state index contributed by atoms with van der Waals surface area (Å²) in [5, 5.41) is 5.06. The molecule has 0 radical (unpaired) electrons. The Kier molecular flexibility index (Phi) is 6.95. The van der Waals surface area contributed by atoms with Crippen molar-refractivity contribution in [1.29, 1.82) is 0 Å². The zero-order chi connectivity index (χ0) is 24.9. The molecule has 0 bridgehead atoms. The molecule has 2 amide bonds. The fourth-order valence-electron chi connectivity index (χ4n) is 3.98. The molecule has 182 valence electrons. The Labute approximate surface area is 212 Å². The van der Waals surface area contributed by atoms with E-state index in [1.54, 1.807) is 41.5 Å². The number of aromatic nitrogens is 2. The summed E-state index contributed by atoms with van der Waals surface area (Å²) in [5.74, 6) is 0.409. The fraction of sp³-hybridized carbons (Fsp3) is 0.143. The number of benzene rings is 3. The molecule has 1 N–H and O–H groups in total. The van der Waals surface area contributed by atoms with Crippen LogP contribution in [0.15, 0.2) is 90.4 Å². The van der Waals surface area contributed by atoms with E-state index in [-0.39, 0.29) is 11.8 Å². The van der Waals surface area contributed by atoms with E-state index >= 15 is 0 Å². The van der Waals surface area contributed by atoms with Crippen LogP contribution in [0.5, 0.6) is 5.75 Å². The van der Waals surface area contributed by atoms with Gasteiger partial charge in [0.1, 0.15) is 11.6 Å². The van der Waals surface area contributed by atoms with Crippen LogP contribution in [0.4, 0.5) is 14.9 Å². The average Bonchev–Trinajstić information content (AvgIpc) is 3.49. The van der Waals surface area contributed by atoms with Crippen molar-refractivity contribution in [3.8, 4) is 17.0 Å². The Balaban J connectivity index is 1.34. The normalized spacial score (nSPS) is 10.9. The number of thiazole rings is 1. The number of hydrogen-bond acceptors (Lipinski definition) is 4. The van der Waals surface area contributed by atoms with Crippen molar-refractivity contribution in [2.24, 2.45) is 0 Å². The number of nitrogens with zero attached hydrogens (tertiary/aromatic N) is 3. The van der Waals surface area contributed by atoms with Gasteiger partial charge in [-0.15, -0.1) is 11.3 Å². The predicted molar refractivity (Wildman–Crippen MR) is 141 cm³/mol. The molecule has 2 heterocycles.